The number of rotatable bonds is 9. The maximum Gasteiger partial charge on any atom is 0.418 e. The zero-order chi connectivity index (χ0) is 28.6. The van der Waals surface area contributed by atoms with Gasteiger partial charge in [-0.1, -0.05) is 48.5 Å². The number of nitrogens with one attached hydrogen (secondary N) is 1. The molecule has 0 aliphatic rings. The van der Waals surface area contributed by atoms with Crippen molar-refractivity contribution >= 4 is 29.1 Å². The van der Waals surface area contributed by atoms with Crippen LogP contribution in [0.25, 0.3) is 10.9 Å². The zero-order valence-electron chi connectivity index (χ0n) is 23.5. The van der Waals surface area contributed by atoms with Gasteiger partial charge in [-0.25, -0.2) is 14.4 Å². The molecule has 0 radical (unpaired) electrons. The molecule has 9 heteroatoms. The van der Waals surface area contributed by atoms with Crippen LogP contribution in [0.3, 0.4) is 0 Å². The Balaban J connectivity index is 1.77. The molecule has 210 valence electrons. The molecule has 1 N–H and O–H groups in total. The molecule has 1 aromatic heterocycles. The van der Waals surface area contributed by atoms with Gasteiger partial charge in [0.25, 0.3) is 0 Å². The summed E-state index contributed by atoms with van der Waals surface area (Å²) >= 11 is 0. The van der Waals surface area contributed by atoms with Crippen molar-refractivity contribution in [2.24, 2.45) is 0 Å². The molecule has 3 aromatic rings. The van der Waals surface area contributed by atoms with Gasteiger partial charge < -0.3 is 24.3 Å². The van der Waals surface area contributed by atoms with E-state index in [1.165, 1.54) is 4.57 Å². The van der Waals surface area contributed by atoms with Crippen molar-refractivity contribution in [1.29, 1.82) is 0 Å². The van der Waals surface area contributed by atoms with E-state index in [1.807, 2.05) is 54.6 Å². The highest BCUT2D eigenvalue weighted by atomic mass is 16.6. The maximum absolute atomic E-state index is 13.0. The maximum atomic E-state index is 13.0. The highest BCUT2D eigenvalue weighted by molar-refractivity contribution is 5.92. The number of nitrogens with zero attached hydrogens (tertiary/aromatic N) is 1. The van der Waals surface area contributed by atoms with Gasteiger partial charge in [-0.15, -0.1) is 0 Å². The second-order valence-electron chi connectivity index (χ2n) is 11.2. The van der Waals surface area contributed by atoms with Crippen molar-refractivity contribution in [2.75, 3.05) is 13.2 Å². The summed E-state index contributed by atoms with van der Waals surface area (Å²) in [5.74, 6) is -0.503. The molecule has 0 saturated carbocycles. The van der Waals surface area contributed by atoms with Crippen LogP contribution in [-0.4, -0.2) is 53.2 Å². The summed E-state index contributed by atoms with van der Waals surface area (Å²) in [7, 11) is 0. The van der Waals surface area contributed by atoms with Crippen LogP contribution in [-0.2, 0) is 36.8 Å². The molecule has 0 aliphatic carbocycles. The molecule has 0 fully saturated rings. The number of carbonyl (C=O) groups excluding carboxylic acids is 3. The number of amides is 1. The molecule has 1 heterocycles. The average Bonchev–Trinajstić information content (AvgIpc) is 3.19. The molecule has 3 rings (SSSR count). The SMILES string of the molecule is CC(C)(C)OC(=O)COCC(Cc1cn(C(=O)OCc2ccccc2)c2ccccc12)NC(=O)OC(C)(C)C. The number of benzene rings is 2. The van der Waals surface area contributed by atoms with Crippen LogP contribution >= 0.6 is 0 Å². The van der Waals surface area contributed by atoms with Crippen LogP contribution < -0.4 is 5.32 Å². The molecular weight excluding hydrogens is 500 g/mol. The van der Waals surface area contributed by atoms with Crippen LogP contribution in [0, 0.1) is 0 Å². The third-order valence-corrected chi connectivity index (χ3v) is 5.34. The molecule has 9 nitrogen and oxygen atoms in total. The Morgan fingerprint density at radius 1 is 0.872 bits per heavy atom. The zero-order valence-corrected chi connectivity index (χ0v) is 23.5. The molecule has 0 saturated heterocycles. The fraction of sp³-hybridized carbons (Fsp3) is 0.433. The van der Waals surface area contributed by atoms with Gasteiger partial charge in [0, 0.05) is 11.6 Å². The summed E-state index contributed by atoms with van der Waals surface area (Å²) in [6.45, 7) is 10.5. The van der Waals surface area contributed by atoms with Gasteiger partial charge in [0.05, 0.1) is 18.2 Å². The van der Waals surface area contributed by atoms with Gasteiger partial charge in [-0.05, 0) is 65.2 Å². The van der Waals surface area contributed by atoms with E-state index < -0.39 is 35.4 Å². The lowest BCUT2D eigenvalue weighted by Gasteiger charge is -2.24. The highest BCUT2D eigenvalue weighted by Gasteiger charge is 2.23. The summed E-state index contributed by atoms with van der Waals surface area (Å²) in [5.41, 5.74) is 1.03. The van der Waals surface area contributed by atoms with Gasteiger partial charge in [-0.3, -0.25) is 4.57 Å². The van der Waals surface area contributed by atoms with Crippen LogP contribution in [0.4, 0.5) is 9.59 Å². The van der Waals surface area contributed by atoms with E-state index in [1.54, 1.807) is 47.7 Å². The summed E-state index contributed by atoms with van der Waals surface area (Å²) in [4.78, 5) is 37.7. The summed E-state index contributed by atoms with van der Waals surface area (Å²) in [6.07, 6.45) is 0.890. The van der Waals surface area contributed by atoms with Crippen molar-refractivity contribution in [2.45, 2.75) is 71.8 Å². The molecule has 0 bridgehead atoms. The Hall–Kier alpha value is -3.85. The van der Waals surface area contributed by atoms with Gasteiger partial charge in [0.1, 0.15) is 24.4 Å². The van der Waals surface area contributed by atoms with Crippen molar-refractivity contribution in [3.63, 3.8) is 0 Å². The normalized spacial score (nSPS) is 12.6. The Labute approximate surface area is 229 Å². The third kappa shape index (κ3) is 9.76. The first-order chi connectivity index (χ1) is 18.3. The quantitative estimate of drug-likeness (QED) is 0.278. The molecule has 39 heavy (non-hydrogen) atoms. The molecule has 0 spiro atoms. The minimum Gasteiger partial charge on any atom is -0.458 e. The lowest BCUT2D eigenvalue weighted by atomic mass is 10.1. The Bertz CT molecular complexity index is 1270. The number of hydrogen-bond acceptors (Lipinski definition) is 7. The smallest absolute Gasteiger partial charge is 0.418 e. The van der Waals surface area contributed by atoms with Gasteiger partial charge in [0.2, 0.25) is 0 Å². The molecule has 1 atom stereocenters. The van der Waals surface area contributed by atoms with Crippen LogP contribution in [0.15, 0.2) is 60.8 Å². The predicted molar refractivity (Wildman–Crippen MR) is 147 cm³/mol. The van der Waals surface area contributed by atoms with Crippen molar-refractivity contribution in [3.05, 3.63) is 71.9 Å². The van der Waals surface area contributed by atoms with Crippen LogP contribution in [0.2, 0.25) is 0 Å². The number of hydrogen-bond donors (Lipinski definition) is 1. The van der Waals surface area contributed by atoms with Crippen molar-refractivity contribution < 1.29 is 33.3 Å². The fourth-order valence-electron chi connectivity index (χ4n) is 3.90. The van der Waals surface area contributed by atoms with Crippen molar-refractivity contribution in [3.8, 4) is 0 Å². The topological polar surface area (TPSA) is 105 Å². The minimum atomic E-state index is -0.690. The van der Waals surface area contributed by atoms with Crippen LogP contribution in [0.5, 0.6) is 0 Å². The fourth-order valence-corrected chi connectivity index (χ4v) is 3.90. The Morgan fingerprint density at radius 2 is 1.51 bits per heavy atom. The summed E-state index contributed by atoms with van der Waals surface area (Å²) in [5, 5.41) is 3.66. The minimum absolute atomic E-state index is 0.0243. The first-order valence-electron chi connectivity index (χ1n) is 12.9. The third-order valence-electron chi connectivity index (χ3n) is 5.34. The molecule has 1 unspecified atom stereocenters. The van der Waals surface area contributed by atoms with E-state index in [2.05, 4.69) is 5.32 Å². The number of para-hydroxylation sites is 1. The van der Waals surface area contributed by atoms with E-state index in [4.69, 9.17) is 18.9 Å². The predicted octanol–water partition coefficient (Wildman–Crippen LogP) is 5.62. The number of esters is 1. The standard InChI is InChI=1S/C30H38N2O7/c1-29(2,3)38-26(33)20-36-19-23(31-27(34)39-30(4,5)6)16-22-17-32(25-15-11-10-14-24(22)25)28(35)37-18-21-12-8-7-9-13-21/h7-15,17,23H,16,18-20H2,1-6H3,(H,31,34). The molecule has 1 amide bonds. The van der Waals surface area contributed by atoms with E-state index in [0.717, 1.165) is 16.5 Å². The number of fused-ring (bicyclic) bond motifs is 1. The van der Waals surface area contributed by atoms with Crippen LogP contribution in [0.1, 0.15) is 52.7 Å². The first-order valence-corrected chi connectivity index (χ1v) is 12.9. The molecule has 0 aliphatic heterocycles. The van der Waals surface area contributed by atoms with Gasteiger partial charge in [-0.2, -0.15) is 0 Å². The monoisotopic (exact) mass is 538 g/mol. The van der Waals surface area contributed by atoms with E-state index in [0.29, 0.717) is 11.9 Å². The first kappa shape index (κ1) is 29.7. The average molecular weight is 539 g/mol. The molecular formula is C30H38N2O7. The second-order valence-corrected chi connectivity index (χ2v) is 11.2. The highest BCUT2D eigenvalue weighted by Crippen LogP contribution is 2.23. The Kier molecular flexibility index (Phi) is 9.75. The summed E-state index contributed by atoms with van der Waals surface area (Å²) in [6, 6.07) is 16.3. The molecule has 2 aromatic carbocycles. The van der Waals surface area contributed by atoms with Gasteiger partial charge in [0.15, 0.2) is 0 Å². The number of aromatic nitrogens is 1. The number of carbonyl (C=O) groups is 3. The van der Waals surface area contributed by atoms with E-state index in [-0.39, 0.29) is 19.8 Å². The lowest BCUT2D eigenvalue weighted by molar-refractivity contribution is -0.160. The lowest BCUT2D eigenvalue weighted by Crippen LogP contribution is -2.43. The van der Waals surface area contributed by atoms with Gasteiger partial charge >= 0.3 is 18.2 Å². The van der Waals surface area contributed by atoms with Crippen molar-refractivity contribution in [1.82, 2.24) is 9.88 Å². The second kappa shape index (κ2) is 12.8. The number of ether oxygens (including phenoxy) is 4. The number of alkyl carbamates (subject to hydrolysis) is 1. The van der Waals surface area contributed by atoms with E-state index >= 15 is 0 Å². The van der Waals surface area contributed by atoms with E-state index in [9.17, 15) is 14.4 Å². The Morgan fingerprint density at radius 3 is 2.18 bits per heavy atom. The largest absolute Gasteiger partial charge is 0.458 e. The summed E-state index contributed by atoms with van der Waals surface area (Å²) < 4.78 is 23.3.